The first kappa shape index (κ1) is 18.7. The summed E-state index contributed by atoms with van der Waals surface area (Å²) in [7, 11) is 0. The Hall–Kier alpha value is -2.63. The van der Waals surface area contributed by atoms with Crippen molar-refractivity contribution in [3.63, 3.8) is 0 Å². The molecule has 6 heteroatoms. The van der Waals surface area contributed by atoms with Crippen LogP contribution in [0.4, 0.5) is 5.69 Å². The lowest BCUT2D eigenvalue weighted by Crippen LogP contribution is -2.37. The van der Waals surface area contributed by atoms with E-state index >= 15 is 0 Å². The van der Waals surface area contributed by atoms with E-state index in [1.165, 1.54) is 5.56 Å². The number of benzene rings is 1. The zero-order valence-corrected chi connectivity index (χ0v) is 16.7. The van der Waals surface area contributed by atoms with Gasteiger partial charge in [0.05, 0.1) is 5.69 Å². The van der Waals surface area contributed by atoms with Gasteiger partial charge in [-0.05, 0) is 50.7 Å². The van der Waals surface area contributed by atoms with E-state index in [1.54, 1.807) is 0 Å². The highest BCUT2D eigenvalue weighted by Crippen LogP contribution is 2.33. The Morgan fingerprint density at radius 3 is 2.89 bits per heavy atom. The first-order valence-electron chi connectivity index (χ1n) is 10.4. The fourth-order valence-corrected chi connectivity index (χ4v) is 4.33. The van der Waals surface area contributed by atoms with Crippen LogP contribution >= 0.6 is 0 Å². The average molecular weight is 380 g/mol. The second-order valence-corrected chi connectivity index (χ2v) is 7.81. The van der Waals surface area contributed by atoms with Gasteiger partial charge in [-0.25, -0.2) is 4.98 Å². The third-order valence-electron chi connectivity index (χ3n) is 5.77. The van der Waals surface area contributed by atoms with Gasteiger partial charge in [0.15, 0.2) is 0 Å². The lowest BCUT2D eigenvalue weighted by atomic mass is 10.1. The number of carbonyl (C=O) groups is 2. The normalized spacial score (nSPS) is 17.9. The summed E-state index contributed by atoms with van der Waals surface area (Å²) >= 11 is 0. The average Bonchev–Trinajstić information content (AvgIpc) is 3.25. The van der Waals surface area contributed by atoms with Gasteiger partial charge in [-0.3, -0.25) is 9.59 Å². The molecule has 2 aliphatic rings. The van der Waals surface area contributed by atoms with E-state index in [2.05, 4.69) is 30.2 Å². The molecule has 2 aliphatic heterocycles. The number of unbranched alkanes of at least 4 members (excludes halogenated alkanes) is 1. The number of nitrogens with zero attached hydrogens (tertiary/aromatic N) is 3. The molecule has 0 aliphatic carbocycles. The van der Waals surface area contributed by atoms with E-state index < -0.39 is 0 Å². The minimum Gasteiger partial charge on any atom is -0.351 e. The van der Waals surface area contributed by atoms with Crippen LogP contribution in [0.5, 0.6) is 0 Å². The van der Waals surface area contributed by atoms with Crippen molar-refractivity contribution in [3.05, 3.63) is 47.0 Å². The monoisotopic (exact) mass is 380 g/mol. The molecule has 1 aromatic carbocycles. The molecule has 6 nitrogen and oxygen atoms in total. The van der Waals surface area contributed by atoms with Gasteiger partial charge >= 0.3 is 0 Å². The Labute approximate surface area is 165 Å². The Morgan fingerprint density at radius 1 is 1.25 bits per heavy atom. The van der Waals surface area contributed by atoms with Crippen molar-refractivity contribution in [3.8, 4) is 0 Å². The molecule has 0 radical (unpaired) electrons. The number of hydrogen-bond donors (Lipinski definition) is 1. The van der Waals surface area contributed by atoms with E-state index in [-0.39, 0.29) is 17.9 Å². The van der Waals surface area contributed by atoms with Crippen LogP contribution in [0.1, 0.15) is 71.9 Å². The molecule has 148 valence electrons. The largest absolute Gasteiger partial charge is 0.351 e. The molecule has 1 aromatic heterocycles. The molecule has 4 rings (SSSR count). The molecule has 1 atom stereocenters. The fourth-order valence-electron chi connectivity index (χ4n) is 4.33. The summed E-state index contributed by atoms with van der Waals surface area (Å²) < 4.78 is 1.98. The summed E-state index contributed by atoms with van der Waals surface area (Å²) in [6.45, 7) is 5.55. The van der Waals surface area contributed by atoms with E-state index in [0.717, 1.165) is 56.5 Å². The minimum absolute atomic E-state index is 0.0864. The first-order chi connectivity index (χ1) is 13.6. The maximum Gasteiger partial charge on any atom is 0.294 e. The summed E-state index contributed by atoms with van der Waals surface area (Å²) in [6, 6.07) is 8.13. The molecular formula is C22H28N4O2. The second-order valence-electron chi connectivity index (χ2n) is 7.81. The van der Waals surface area contributed by atoms with Crippen LogP contribution in [0.25, 0.3) is 0 Å². The molecule has 1 unspecified atom stereocenters. The third-order valence-corrected chi connectivity index (χ3v) is 5.77. The summed E-state index contributed by atoms with van der Waals surface area (Å²) in [5, 5.41) is 2.96. The maximum atomic E-state index is 13.5. The van der Waals surface area contributed by atoms with Crippen molar-refractivity contribution in [2.75, 3.05) is 11.4 Å². The van der Waals surface area contributed by atoms with Crippen molar-refractivity contribution in [1.82, 2.24) is 14.9 Å². The van der Waals surface area contributed by atoms with Gasteiger partial charge in [-0.15, -0.1) is 0 Å². The molecule has 3 heterocycles. The Bertz CT molecular complexity index is 902. The van der Waals surface area contributed by atoms with Crippen LogP contribution in [0.15, 0.2) is 24.3 Å². The predicted molar refractivity (Wildman–Crippen MR) is 109 cm³/mol. The number of para-hydroxylation sites is 1. The highest BCUT2D eigenvalue weighted by atomic mass is 16.2. The van der Waals surface area contributed by atoms with E-state index in [4.69, 9.17) is 0 Å². The molecule has 0 saturated heterocycles. The number of anilines is 1. The Morgan fingerprint density at radius 2 is 2.07 bits per heavy atom. The molecule has 2 aromatic rings. The number of nitrogens with one attached hydrogen (secondary N) is 1. The van der Waals surface area contributed by atoms with Crippen LogP contribution in [-0.4, -0.2) is 34.0 Å². The lowest BCUT2D eigenvalue weighted by Gasteiger charge is -2.24. The van der Waals surface area contributed by atoms with Gasteiger partial charge in [-0.1, -0.05) is 31.5 Å². The van der Waals surface area contributed by atoms with E-state index in [1.807, 2.05) is 27.7 Å². The van der Waals surface area contributed by atoms with Crippen molar-refractivity contribution in [2.24, 2.45) is 0 Å². The number of imidazole rings is 1. The maximum absolute atomic E-state index is 13.5. The zero-order valence-electron chi connectivity index (χ0n) is 16.7. The molecule has 0 fully saturated rings. The van der Waals surface area contributed by atoms with Crippen LogP contribution in [0.3, 0.4) is 0 Å². The van der Waals surface area contributed by atoms with E-state index in [9.17, 15) is 9.59 Å². The molecule has 28 heavy (non-hydrogen) atoms. The molecule has 0 saturated carbocycles. The highest BCUT2D eigenvalue weighted by molar-refractivity contribution is 6.07. The summed E-state index contributed by atoms with van der Waals surface area (Å²) in [4.78, 5) is 32.6. The minimum atomic E-state index is -0.159. The van der Waals surface area contributed by atoms with Crippen molar-refractivity contribution < 1.29 is 9.59 Å². The number of carbonyl (C=O) groups excluding carboxylic acids is 2. The lowest BCUT2D eigenvalue weighted by molar-refractivity contribution is 0.0947. The van der Waals surface area contributed by atoms with Gasteiger partial charge < -0.3 is 14.8 Å². The zero-order chi connectivity index (χ0) is 19.7. The topological polar surface area (TPSA) is 67.2 Å². The van der Waals surface area contributed by atoms with Crippen molar-refractivity contribution >= 4 is 17.5 Å². The van der Waals surface area contributed by atoms with Crippen LogP contribution in [0, 0.1) is 0 Å². The number of rotatable bonds is 5. The van der Waals surface area contributed by atoms with Crippen LogP contribution in [-0.2, 0) is 19.4 Å². The molecule has 0 spiro atoms. The number of hydrogen-bond acceptors (Lipinski definition) is 3. The smallest absolute Gasteiger partial charge is 0.294 e. The second kappa shape index (κ2) is 7.78. The Balaban J connectivity index is 1.68. The van der Waals surface area contributed by atoms with Crippen molar-refractivity contribution in [2.45, 2.75) is 65.0 Å². The first-order valence-corrected chi connectivity index (χ1v) is 10.4. The number of amides is 2. The summed E-state index contributed by atoms with van der Waals surface area (Å²) in [6.07, 6.45) is 5.64. The van der Waals surface area contributed by atoms with E-state index in [0.29, 0.717) is 18.1 Å². The summed E-state index contributed by atoms with van der Waals surface area (Å²) in [5.74, 6) is 0.139. The predicted octanol–water partition coefficient (Wildman–Crippen LogP) is 3.34. The molecular weight excluding hydrogens is 352 g/mol. The highest BCUT2D eigenvalue weighted by Gasteiger charge is 2.36. The van der Waals surface area contributed by atoms with Crippen LogP contribution < -0.4 is 10.2 Å². The van der Waals surface area contributed by atoms with Crippen molar-refractivity contribution in [1.29, 1.82) is 0 Å². The van der Waals surface area contributed by atoms with Crippen LogP contribution in [0.2, 0.25) is 0 Å². The van der Waals surface area contributed by atoms with Gasteiger partial charge in [0.2, 0.25) is 5.82 Å². The number of fused-ring (bicyclic) bond motifs is 2. The standard InChI is InChI=1S/C22H28N4O2/c1-3-4-12-23-21(27)19-18-11-7-8-13-25(18)20(24-19)22(28)26-15(2)14-16-9-5-6-10-17(16)26/h5-6,9-10,15H,3-4,7-8,11-14H2,1-2H3,(H,23,27). The van der Waals surface area contributed by atoms with Gasteiger partial charge in [-0.2, -0.15) is 0 Å². The SMILES string of the molecule is CCCCNC(=O)c1nc(C(=O)N2c3ccccc3CC2C)n2c1CCCC2. The third kappa shape index (κ3) is 3.21. The molecule has 2 amide bonds. The fraction of sp³-hybridized carbons (Fsp3) is 0.500. The summed E-state index contributed by atoms with van der Waals surface area (Å²) in [5.41, 5.74) is 3.48. The quantitative estimate of drug-likeness (QED) is 0.809. The van der Waals surface area contributed by atoms with Gasteiger partial charge in [0, 0.05) is 24.8 Å². The number of aromatic nitrogens is 2. The molecule has 0 bridgehead atoms. The van der Waals surface area contributed by atoms with Gasteiger partial charge in [0.25, 0.3) is 11.8 Å². The Kier molecular flexibility index (Phi) is 5.20. The van der Waals surface area contributed by atoms with Gasteiger partial charge in [0.1, 0.15) is 5.69 Å². The molecule has 1 N–H and O–H groups in total.